The second-order valence-corrected chi connectivity index (χ2v) is 4.71. The average molecular weight is 296 g/mol. The van der Waals surface area contributed by atoms with E-state index in [1.807, 2.05) is 37.5 Å². The van der Waals surface area contributed by atoms with Crippen LogP contribution in [-0.4, -0.2) is 14.9 Å². The Kier molecular flexibility index (Phi) is 3.81. The Bertz CT molecular complexity index is 510. The first-order valence-corrected chi connectivity index (χ1v) is 6.10. The minimum absolute atomic E-state index is 0.0178. The van der Waals surface area contributed by atoms with Crippen LogP contribution in [0.5, 0.6) is 0 Å². The van der Waals surface area contributed by atoms with Gasteiger partial charge in [0.1, 0.15) is 0 Å². The lowest BCUT2D eigenvalue weighted by atomic mass is 10.2. The van der Waals surface area contributed by atoms with Gasteiger partial charge in [-0.1, -0.05) is 15.9 Å². The van der Waals surface area contributed by atoms with E-state index in [4.69, 9.17) is 0 Å². The minimum Gasteiger partial charge on any atom is -0.392 e. The second kappa shape index (κ2) is 5.33. The number of hydrogen-bond acceptors (Lipinski definition) is 3. The highest BCUT2D eigenvalue weighted by Crippen LogP contribution is 2.21. The molecule has 1 aromatic carbocycles. The van der Waals surface area contributed by atoms with Crippen LogP contribution in [0.25, 0.3) is 0 Å². The SMILES string of the molecule is Cn1ccc(CNc2ccc(Br)cc2CO)n1. The van der Waals surface area contributed by atoms with Gasteiger partial charge >= 0.3 is 0 Å². The quantitative estimate of drug-likeness (QED) is 0.910. The monoisotopic (exact) mass is 295 g/mol. The molecule has 90 valence electrons. The first-order valence-electron chi connectivity index (χ1n) is 5.30. The summed E-state index contributed by atoms with van der Waals surface area (Å²) in [6, 6.07) is 7.75. The number of aryl methyl sites for hydroxylation is 1. The summed E-state index contributed by atoms with van der Waals surface area (Å²) in [5.74, 6) is 0. The third kappa shape index (κ3) is 3.08. The normalized spacial score (nSPS) is 10.5. The number of aliphatic hydroxyl groups excluding tert-OH is 1. The minimum atomic E-state index is 0.0178. The van der Waals surface area contributed by atoms with E-state index in [0.29, 0.717) is 6.54 Å². The molecule has 0 aliphatic carbocycles. The number of nitrogens with zero attached hydrogens (tertiary/aromatic N) is 2. The molecule has 0 spiro atoms. The van der Waals surface area contributed by atoms with E-state index in [-0.39, 0.29) is 6.61 Å². The maximum atomic E-state index is 9.26. The molecule has 0 amide bonds. The molecule has 4 nitrogen and oxygen atoms in total. The van der Waals surface area contributed by atoms with Crippen LogP contribution in [0.15, 0.2) is 34.9 Å². The molecule has 0 aliphatic rings. The van der Waals surface area contributed by atoms with Crippen molar-refractivity contribution in [2.45, 2.75) is 13.2 Å². The highest BCUT2D eigenvalue weighted by atomic mass is 79.9. The molecule has 2 N–H and O–H groups in total. The van der Waals surface area contributed by atoms with Gasteiger partial charge in [0, 0.05) is 29.0 Å². The molecule has 5 heteroatoms. The maximum Gasteiger partial charge on any atom is 0.0815 e. The Morgan fingerprint density at radius 2 is 2.24 bits per heavy atom. The predicted octanol–water partition coefficient (Wildman–Crippen LogP) is 2.29. The van der Waals surface area contributed by atoms with Crippen LogP contribution in [0, 0.1) is 0 Å². The standard InChI is InChI=1S/C12H14BrN3O/c1-16-5-4-11(15-16)7-14-12-3-2-10(13)6-9(12)8-17/h2-6,14,17H,7-8H2,1H3. The molecular formula is C12H14BrN3O. The predicted molar refractivity (Wildman–Crippen MR) is 70.6 cm³/mol. The Balaban J connectivity index is 2.08. The van der Waals surface area contributed by atoms with Crippen LogP contribution in [0.1, 0.15) is 11.3 Å². The van der Waals surface area contributed by atoms with Gasteiger partial charge in [0.15, 0.2) is 0 Å². The molecule has 1 heterocycles. The number of aromatic nitrogens is 2. The second-order valence-electron chi connectivity index (χ2n) is 3.79. The van der Waals surface area contributed by atoms with Crippen LogP contribution in [-0.2, 0) is 20.2 Å². The molecule has 0 radical (unpaired) electrons. The van der Waals surface area contributed by atoms with Gasteiger partial charge in [-0.2, -0.15) is 5.10 Å². The number of rotatable bonds is 4. The highest BCUT2D eigenvalue weighted by molar-refractivity contribution is 9.10. The van der Waals surface area contributed by atoms with Crippen molar-refractivity contribution < 1.29 is 5.11 Å². The number of hydrogen-bond donors (Lipinski definition) is 2. The average Bonchev–Trinajstić information content (AvgIpc) is 2.73. The van der Waals surface area contributed by atoms with Gasteiger partial charge in [-0.3, -0.25) is 4.68 Å². The zero-order valence-corrected chi connectivity index (χ0v) is 11.1. The Morgan fingerprint density at radius 1 is 1.41 bits per heavy atom. The van der Waals surface area contributed by atoms with E-state index >= 15 is 0 Å². The van der Waals surface area contributed by atoms with Crippen molar-refractivity contribution in [3.63, 3.8) is 0 Å². The first kappa shape index (κ1) is 12.1. The van der Waals surface area contributed by atoms with E-state index in [9.17, 15) is 5.11 Å². The van der Waals surface area contributed by atoms with E-state index < -0.39 is 0 Å². The molecule has 0 unspecified atom stereocenters. The molecule has 1 aromatic heterocycles. The zero-order chi connectivity index (χ0) is 12.3. The number of anilines is 1. The summed E-state index contributed by atoms with van der Waals surface area (Å²) >= 11 is 3.38. The van der Waals surface area contributed by atoms with Crippen molar-refractivity contribution in [2.75, 3.05) is 5.32 Å². The van der Waals surface area contributed by atoms with Crippen molar-refractivity contribution >= 4 is 21.6 Å². The van der Waals surface area contributed by atoms with E-state index in [1.54, 1.807) is 4.68 Å². The van der Waals surface area contributed by atoms with Gasteiger partial charge in [0.2, 0.25) is 0 Å². The Labute approximate surface area is 108 Å². The summed E-state index contributed by atoms with van der Waals surface area (Å²) in [6.45, 7) is 0.666. The molecule has 0 aliphatic heterocycles. The van der Waals surface area contributed by atoms with Crippen LogP contribution >= 0.6 is 15.9 Å². The smallest absolute Gasteiger partial charge is 0.0815 e. The molecule has 0 fully saturated rings. The van der Waals surface area contributed by atoms with Crippen molar-refractivity contribution in [2.24, 2.45) is 7.05 Å². The summed E-state index contributed by atoms with van der Waals surface area (Å²) in [4.78, 5) is 0. The lowest BCUT2D eigenvalue weighted by Crippen LogP contribution is -2.03. The van der Waals surface area contributed by atoms with Crippen molar-refractivity contribution in [1.82, 2.24) is 9.78 Å². The van der Waals surface area contributed by atoms with Crippen molar-refractivity contribution in [3.05, 3.63) is 46.2 Å². The van der Waals surface area contributed by atoms with Gasteiger partial charge in [0.25, 0.3) is 0 Å². The van der Waals surface area contributed by atoms with Gasteiger partial charge in [-0.05, 0) is 24.3 Å². The van der Waals surface area contributed by atoms with Crippen LogP contribution < -0.4 is 5.32 Å². The molecule has 0 atom stereocenters. The van der Waals surface area contributed by atoms with Crippen molar-refractivity contribution in [1.29, 1.82) is 0 Å². The third-order valence-electron chi connectivity index (χ3n) is 2.47. The largest absolute Gasteiger partial charge is 0.392 e. The lowest BCUT2D eigenvalue weighted by molar-refractivity contribution is 0.282. The van der Waals surface area contributed by atoms with Gasteiger partial charge in [0.05, 0.1) is 18.8 Å². The lowest BCUT2D eigenvalue weighted by Gasteiger charge is -2.09. The van der Waals surface area contributed by atoms with Gasteiger partial charge < -0.3 is 10.4 Å². The number of benzene rings is 1. The topological polar surface area (TPSA) is 50.1 Å². The number of aliphatic hydroxyl groups is 1. The van der Waals surface area contributed by atoms with E-state index in [2.05, 4.69) is 26.3 Å². The summed E-state index contributed by atoms with van der Waals surface area (Å²) in [7, 11) is 1.89. The Hall–Kier alpha value is -1.33. The van der Waals surface area contributed by atoms with Gasteiger partial charge in [-0.25, -0.2) is 0 Å². The fraction of sp³-hybridized carbons (Fsp3) is 0.250. The van der Waals surface area contributed by atoms with E-state index in [1.165, 1.54) is 0 Å². The summed E-state index contributed by atoms with van der Waals surface area (Å²) < 4.78 is 2.73. The molecule has 0 saturated carbocycles. The fourth-order valence-corrected chi connectivity index (χ4v) is 2.02. The summed E-state index contributed by atoms with van der Waals surface area (Å²) in [5, 5.41) is 16.8. The highest BCUT2D eigenvalue weighted by Gasteiger charge is 2.03. The maximum absolute atomic E-state index is 9.26. The molecular weight excluding hydrogens is 282 g/mol. The zero-order valence-electron chi connectivity index (χ0n) is 9.52. The molecule has 2 aromatic rings. The fourth-order valence-electron chi connectivity index (χ4n) is 1.61. The first-order chi connectivity index (χ1) is 8.19. The van der Waals surface area contributed by atoms with E-state index in [0.717, 1.165) is 21.4 Å². The molecule has 17 heavy (non-hydrogen) atoms. The summed E-state index contributed by atoms with van der Waals surface area (Å²) in [6.07, 6.45) is 1.91. The van der Waals surface area contributed by atoms with Crippen molar-refractivity contribution in [3.8, 4) is 0 Å². The number of halogens is 1. The van der Waals surface area contributed by atoms with Crippen LogP contribution in [0.2, 0.25) is 0 Å². The van der Waals surface area contributed by atoms with Gasteiger partial charge in [-0.15, -0.1) is 0 Å². The Morgan fingerprint density at radius 3 is 2.88 bits per heavy atom. The number of nitrogens with one attached hydrogen (secondary N) is 1. The summed E-state index contributed by atoms with van der Waals surface area (Å²) in [5.41, 5.74) is 2.77. The molecule has 0 bridgehead atoms. The molecule has 2 rings (SSSR count). The van der Waals surface area contributed by atoms with Crippen LogP contribution in [0.4, 0.5) is 5.69 Å². The third-order valence-corrected chi connectivity index (χ3v) is 2.96. The van der Waals surface area contributed by atoms with Crippen LogP contribution in [0.3, 0.4) is 0 Å². The molecule has 0 saturated heterocycles.